The molecule has 0 saturated carbocycles. The second-order valence-corrected chi connectivity index (χ2v) is 8.68. The summed E-state index contributed by atoms with van der Waals surface area (Å²) in [6.45, 7) is 1.99. The Morgan fingerprint density at radius 1 is 1.00 bits per heavy atom. The number of imidazole rings is 1. The van der Waals surface area contributed by atoms with Crippen molar-refractivity contribution >= 4 is 32.7 Å². The van der Waals surface area contributed by atoms with E-state index < -0.39 is 10.0 Å². The number of rotatable bonds is 7. The lowest BCUT2D eigenvalue weighted by atomic mass is 10.2. The van der Waals surface area contributed by atoms with Gasteiger partial charge in [0.15, 0.2) is 0 Å². The van der Waals surface area contributed by atoms with Crippen molar-refractivity contribution in [2.24, 2.45) is 0 Å². The second kappa shape index (κ2) is 8.66. The van der Waals surface area contributed by atoms with Crippen LogP contribution in [0, 0.1) is 0 Å². The smallest absolute Gasteiger partial charge is 0.240 e. The molecule has 2 aromatic heterocycles. The molecule has 9 heteroatoms. The predicted octanol–water partition coefficient (Wildman–Crippen LogP) is 3.04. The van der Waals surface area contributed by atoms with E-state index in [1.807, 2.05) is 41.0 Å². The Balaban J connectivity index is 1.53. The third-order valence-corrected chi connectivity index (χ3v) is 6.18. The fourth-order valence-electron chi connectivity index (χ4n) is 3.32. The Bertz CT molecular complexity index is 1320. The Morgan fingerprint density at radius 3 is 2.42 bits per heavy atom. The maximum absolute atomic E-state index is 12.7. The van der Waals surface area contributed by atoms with Crippen LogP contribution in [0.15, 0.2) is 78.0 Å². The van der Waals surface area contributed by atoms with Gasteiger partial charge < -0.3 is 9.88 Å². The van der Waals surface area contributed by atoms with Crippen LogP contribution in [0.2, 0.25) is 0 Å². The molecule has 4 rings (SSSR count). The number of aromatic nitrogens is 3. The first-order chi connectivity index (χ1) is 14.9. The Morgan fingerprint density at radius 2 is 1.71 bits per heavy atom. The van der Waals surface area contributed by atoms with Gasteiger partial charge in [0.25, 0.3) is 0 Å². The third-order valence-electron chi connectivity index (χ3n) is 4.71. The largest absolute Gasteiger partial charge is 0.326 e. The lowest BCUT2D eigenvalue weighted by molar-refractivity contribution is -0.114. The summed E-state index contributed by atoms with van der Waals surface area (Å²) in [6.07, 6.45) is 3.40. The van der Waals surface area contributed by atoms with Gasteiger partial charge in [0.05, 0.1) is 15.9 Å². The van der Waals surface area contributed by atoms with Crippen molar-refractivity contribution in [1.82, 2.24) is 19.3 Å². The van der Waals surface area contributed by atoms with Gasteiger partial charge in [0.2, 0.25) is 15.9 Å². The summed E-state index contributed by atoms with van der Waals surface area (Å²) in [6, 6.07) is 17.5. The number of amides is 1. The number of pyridine rings is 1. The van der Waals surface area contributed by atoms with E-state index in [9.17, 15) is 13.2 Å². The van der Waals surface area contributed by atoms with E-state index in [0.717, 1.165) is 22.4 Å². The number of nitrogens with one attached hydrogen (secondary N) is 2. The van der Waals surface area contributed by atoms with Gasteiger partial charge in [0.1, 0.15) is 5.82 Å². The number of benzene rings is 2. The van der Waals surface area contributed by atoms with Crippen molar-refractivity contribution in [3.05, 3.63) is 73.1 Å². The van der Waals surface area contributed by atoms with Crippen LogP contribution in [0.5, 0.6) is 0 Å². The summed E-state index contributed by atoms with van der Waals surface area (Å²) in [5.41, 5.74) is 3.21. The monoisotopic (exact) mass is 435 g/mol. The van der Waals surface area contributed by atoms with Gasteiger partial charge in [-0.1, -0.05) is 12.1 Å². The Hall–Kier alpha value is -3.56. The van der Waals surface area contributed by atoms with E-state index in [1.165, 1.54) is 19.1 Å². The molecule has 158 valence electrons. The predicted molar refractivity (Wildman–Crippen MR) is 119 cm³/mol. The number of carbonyl (C=O) groups excluding carboxylic acids is 1. The van der Waals surface area contributed by atoms with Crippen molar-refractivity contribution < 1.29 is 13.2 Å². The molecule has 0 bridgehead atoms. The minimum absolute atomic E-state index is 0.131. The zero-order chi connectivity index (χ0) is 21.8. The molecular formula is C22H21N5O3S. The molecule has 0 fully saturated rings. The van der Waals surface area contributed by atoms with Crippen molar-refractivity contribution in [3.63, 3.8) is 0 Å². The van der Waals surface area contributed by atoms with Crippen LogP contribution in [0.3, 0.4) is 0 Å². The van der Waals surface area contributed by atoms with E-state index in [4.69, 9.17) is 4.98 Å². The number of anilines is 1. The summed E-state index contributed by atoms with van der Waals surface area (Å²) in [4.78, 5) is 20.0. The van der Waals surface area contributed by atoms with Crippen LogP contribution < -0.4 is 10.0 Å². The molecular weight excluding hydrogens is 414 g/mol. The molecule has 0 aliphatic rings. The second-order valence-electron chi connectivity index (χ2n) is 6.91. The molecule has 0 atom stereocenters. The molecule has 4 aromatic rings. The number of sulfonamides is 1. The number of fused-ring (bicyclic) bond motifs is 1. The van der Waals surface area contributed by atoms with Crippen LogP contribution in [0.25, 0.3) is 22.4 Å². The first-order valence-corrected chi connectivity index (χ1v) is 11.2. The van der Waals surface area contributed by atoms with E-state index in [-0.39, 0.29) is 17.3 Å². The molecule has 8 nitrogen and oxygen atoms in total. The summed E-state index contributed by atoms with van der Waals surface area (Å²) in [5.74, 6) is 0.536. The highest BCUT2D eigenvalue weighted by atomic mass is 32.2. The molecule has 0 radical (unpaired) electrons. The number of hydrogen-bond acceptors (Lipinski definition) is 5. The number of hydrogen-bond donors (Lipinski definition) is 2. The molecule has 2 aromatic carbocycles. The minimum atomic E-state index is -3.70. The van der Waals surface area contributed by atoms with Gasteiger partial charge in [0, 0.05) is 43.7 Å². The van der Waals surface area contributed by atoms with Crippen LogP contribution >= 0.6 is 0 Å². The third kappa shape index (κ3) is 4.62. The van der Waals surface area contributed by atoms with Crippen molar-refractivity contribution in [1.29, 1.82) is 0 Å². The molecule has 2 heterocycles. The molecule has 0 aliphatic heterocycles. The average Bonchev–Trinajstić information content (AvgIpc) is 3.13. The van der Waals surface area contributed by atoms with Gasteiger partial charge in [-0.15, -0.1) is 0 Å². The van der Waals surface area contributed by atoms with Crippen LogP contribution in [-0.4, -0.2) is 35.4 Å². The van der Waals surface area contributed by atoms with Gasteiger partial charge in [-0.05, 0) is 48.5 Å². The maximum atomic E-state index is 12.7. The zero-order valence-electron chi connectivity index (χ0n) is 16.8. The molecule has 1 amide bonds. The highest BCUT2D eigenvalue weighted by molar-refractivity contribution is 7.89. The van der Waals surface area contributed by atoms with Crippen molar-refractivity contribution in [2.75, 3.05) is 11.9 Å². The lowest BCUT2D eigenvalue weighted by Gasteiger charge is -2.11. The van der Waals surface area contributed by atoms with Gasteiger partial charge in [-0.3, -0.25) is 9.78 Å². The average molecular weight is 436 g/mol. The van der Waals surface area contributed by atoms with Crippen LogP contribution in [-0.2, 0) is 21.4 Å². The van der Waals surface area contributed by atoms with Crippen LogP contribution in [0.1, 0.15) is 6.92 Å². The first-order valence-electron chi connectivity index (χ1n) is 9.67. The van der Waals surface area contributed by atoms with Gasteiger partial charge >= 0.3 is 0 Å². The van der Waals surface area contributed by atoms with E-state index in [0.29, 0.717) is 12.2 Å². The number of para-hydroxylation sites is 2. The number of nitrogens with zero attached hydrogens (tertiary/aromatic N) is 3. The summed E-state index contributed by atoms with van der Waals surface area (Å²) in [7, 11) is -3.70. The van der Waals surface area contributed by atoms with E-state index >= 15 is 0 Å². The standard InChI is InChI=1S/C22H21N5O3S/c1-16(28)25-18-6-8-19(9-7-18)31(29,30)24-14-15-27-21-5-3-2-4-20(21)26-22(27)17-10-12-23-13-11-17/h2-13,24H,14-15H2,1H3,(H,25,28). The van der Waals surface area contributed by atoms with Crippen LogP contribution in [0.4, 0.5) is 5.69 Å². The molecule has 2 N–H and O–H groups in total. The summed E-state index contributed by atoms with van der Waals surface area (Å²) in [5, 5.41) is 2.62. The Labute approximate surface area is 180 Å². The van der Waals surface area contributed by atoms with E-state index in [1.54, 1.807) is 24.5 Å². The van der Waals surface area contributed by atoms with Crippen molar-refractivity contribution in [2.45, 2.75) is 18.4 Å². The topological polar surface area (TPSA) is 106 Å². The normalized spacial score (nSPS) is 11.5. The zero-order valence-corrected chi connectivity index (χ0v) is 17.6. The summed E-state index contributed by atoms with van der Waals surface area (Å²) >= 11 is 0. The SMILES string of the molecule is CC(=O)Nc1ccc(S(=O)(=O)NCCn2c(-c3ccncc3)nc3ccccc32)cc1. The molecule has 31 heavy (non-hydrogen) atoms. The fraction of sp³-hybridized carbons (Fsp3) is 0.136. The highest BCUT2D eigenvalue weighted by Gasteiger charge is 2.16. The highest BCUT2D eigenvalue weighted by Crippen LogP contribution is 2.24. The van der Waals surface area contributed by atoms with Gasteiger partial charge in [-0.2, -0.15) is 0 Å². The van der Waals surface area contributed by atoms with Gasteiger partial charge in [-0.25, -0.2) is 18.1 Å². The maximum Gasteiger partial charge on any atom is 0.240 e. The van der Waals surface area contributed by atoms with E-state index in [2.05, 4.69) is 15.0 Å². The molecule has 0 saturated heterocycles. The first kappa shape index (κ1) is 20.7. The fourth-order valence-corrected chi connectivity index (χ4v) is 4.34. The lowest BCUT2D eigenvalue weighted by Crippen LogP contribution is -2.27. The van der Waals surface area contributed by atoms with Crippen molar-refractivity contribution in [3.8, 4) is 11.4 Å². The molecule has 0 unspecified atom stereocenters. The Kier molecular flexibility index (Phi) is 5.79. The molecule has 0 aliphatic carbocycles. The molecule has 0 spiro atoms. The quantitative estimate of drug-likeness (QED) is 0.464. The summed E-state index contributed by atoms with van der Waals surface area (Å²) < 4.78 is 30.0. The minimum Gasteiger partial charge on any atom is -0.326 e. The number of carbonyl (C=O) groups is 1.